The second-order valence-electron chi connectivity index (χ2n) is 4.84. The second kappa shape index (κ2) is 7.53. The van der Waals surface area contributed by atoms with Crippen LogP contribution in [-0.4, -0.2) is 47.8 Å². The number of aliphatic hydroxyl groups excluding tert-OH is 1. The highest BCUT2D eigenvalue weighted by Crippen LogP contribution is 2.19. The molecule has 1 aromatic heterocycles. The van der Waals surface area contributed by atoms with Gasteiger partial charge in [-0.25, -0.2) is 4.39 Å². The van der Waals surface area contributed by atoms with Gasteiger partial charge in [0.15, 0.2) is 0 Å². The lowest BCUT2D eigenvalue weighted by Gasteiger charge is -2.30. The fourth-order valence-electron chi connectivity index (χ4n) is 1.99. The zero-order chi connectivity index (χ0) is 14.3. The van der Waals surface area contributed by atoms with Gasteiger partial charge >= 0.3 is 0 Å². The molecule has 0 aromatic carbocycles. The standard InChI is InChI=1S/C14H24FN3O/c1-4-18(5-2)7-6-17-14(3,11-19)12-8-13(15)10-16-9-12/h8-10,17,19H,4-7,11H2,1-3H3. The molecule has 1 atom stereocenters. The summed E-state index contributed by atoms with van der Waals surface area (Å²) in [6.07, 6.45) is 2.75. The Kier molecular flexibility index (Phi) is 6.34. The molecule has 0 saturated heterocycles. The molecular formula is C14H24FN3O. The summed E-state index contributed by atoms with van der Waals surface area (Å²) >= 11 is 0. The van der Waals surface area contributed by atoms with E-state index in [1.165, 1.54) is 6.07 Å². The monoisotopic (exact) mass is 269 g/mol. The van der Waals surface area contributed by atoms with Gasteiger partial charge in [0.2, 0.25) is 0 Å². The van der Waals surface area contributed by atoms with E-state index in [9.17, 15) is 9.50 Å². The molecule has 0 fully saturated rings. The molecule has 0 aliphatic rings. The van der Waals surface area contributed by atoms with E-state index in [0.29, 0.717) is 5.56 Å². The molecule has 0 saturated carbocycles. The highest BCUT2D eigenvalue weighted by Gasteiger charge is 2.25. The summed E-state index contributed by atoms with van der Waals surface area (Å²) < 4.78 is 13.2. The molecule has 0 aliphatic heterocycles. The number of hydrogen-bond acceptors (Lipinski definition) is 4. The minimum Gasteiger partial charge on any atom is -0.394 e. The third-order valence-electron chi connectivity index (χ3n) is 3.50. The molecule has 4 nitrogen and oxygen atoms in total. The Bertz CT molecular complexity index is 385. The molecule has 1 heterocycles. The number of nitrogens with zero attached hydrogens (tertiary/aromatic N) is 2. The van der Waals surface area contributed by atoms with Gasteiger partial charge in [-0.2, -0.15) is 0 Å². The molecular weight excluding hydrogens is 245 g/mol. The number of pyridine rings is 1. The van der Waals surface area contributed by atoms with Crippen LogP contribution in [0, 0.1) is 5.82 Å². The average molecular weight is 269 g/mol. The van der Waals surface area contributed by atoms with Crippen LogP contribution in [0.3, 0.4) is 0 Å². The van der Waals surface area contributed by atoms with E-state index in [0.717, 1.165) is 32.4 Å². The van der Waals surface area contributed by atoms with Crippen LogP contribution >= 0.6 is 0 Å². The molecule has 108 valence electrons. The summed E-state index contributed by atoms with van der Waals surface area (Å²) in [5, 5.41) is 12.9. The van der Waals surface area contributed by atoms with Gasteiger partial charge in [-0.05, 0) is 31.6 Å². The van der Waals surface area contributed by atoms with E-state index in [-0.39, 0.29) is 12.4 Å². The number of aliphatic hydroxyl groups is 1. The van der Waals surface area contributed by atoms with E-state index in [1.807, 2.05) is 6.92 Å². The van der Waals surface area contributed by atoms with E-state index in [4.69, 9.17) is 0 Å². The van der Waals surface area contributed by atoms with Crippen LogP contribution in [0.2, 0.25) is 0 Å². The van der Waals surface area contributed by atoms with Crippen molar-refractivity contribution in [2.45, 2.75) is 26.3 Å². The van der Waals surface area contributed by atoms with E-state index in [1.54, 1.807) is 6.20 Å². The van der Waals surface area contributed by atoms with Gasteiger partial charge in [0.25, 0.3) is 0 Å². The van der Waals surface area contributed by atoms with Crippen molar-refractivity contribution < 1.29 is 9.50 Å². The Morgan fingerprint density at radius 3 is 2.58 bits per heavy atom. The van der Waals surface area contributed by atoms with Crippen LogP contribution in [0.5, 0.6) is 0 Å². The van der Waals surface area contributed by atoms with Gasteiger partial charge in [0, 0.05) is 19.3 Å². The van der Waals surface area contributed by atoms with Crippen LogP contribution in [0.1, 0.15) is 26.3 Å². The third-order valence-corrected chi connectivity index (χ3v) is 3.50. The Balaban J connectivity index is 2.65. The normalized spacial score (nSPS) is 14.6. The summed E-state index contributed by atoms with van der Waals surface area (Å²) in [4.78, 5) is 6.12. The van der Waals surface area contributed by atoms with Gasteiger partial charge in [-0.3, -0.25) is 4.98 Å². The predicted molar refractivity (Wildman–Crippen MR) is 74.4 cm³/mol. The maximum Gasteiger partial charge on any atom is 0.141 e. The predicted octanol–water partition coefficient (Wildman–Crippen LogP) is 1.36. The number of aromatic nitrogens is 1. The lowest BCUT2D eigenvalue weighted by molar-refractivity contribution is 0.168. The molecule has 1 rings (SSSR count). The van der Waals surface area contributed by atoms with Gasteiger partial charge in [-0.15, -0.1) is 0 Å². The highest BCUT2D eigenvalue weighted by molar-refractivity contribution is 5.20. The SMILES string of the molecule is CCN(CC)CCNC(C)(CO)c1cncc(F)c1. The van der Waals surface area contributed by atoms with Crippen molar-refractivity contribution in [1.29, 1.82) is 0 Å². The van der Waals surface area contributed by atoms with Crippen molar-refractivity contribution >= 4 is 0 Å². The van der Waals surface area contributed by atoms with E-state index in [2.05, 4.69) is 29.0 Å². The minimum atomic E-state index is -0.664. The fraction of sp³-hybridized carbons (Fsp3) is 0.643. The molecule has 5 heteroatoms. The van der Waals surface area contributed by atoms with Crippen molar-refractivity contribution in [2.24, 2.45) is 0 Å². The third kappa shape index (κ3) is 4.53. The topological polar surface area (TPSA) is 48.4 Å². The first-order chi connectivity index (χ1) is 9.05. The molecule has 0 amide bonds. The quantitative estimate of drug-likeness (QED) is 0.748. The van der Waals surface area contributed by atoms with Gasteiger partial charge < -0.3 is 15.3 Å². The molecule has 0 bridgehead atoms. The van der Waals surface area contributed by atoms with Crippen molar-refractivity contribution in [3.05, 3.63) is 29.8 Å². The number of hydrogen-bond donors (Lipinski definition) is 2. The van der Waals surface area contributed by atoms with Crippen LogP contribution in [0.15, 0.2) is 18.5 Å². The van der Waals surface area contributed by atoms with Crippen LogP contribution in [-0.2, 0) is 5.54 Å². The fourth-order valence-corrected chi connectivity index (χ4v) is 1.99. The smallest absolute Gasteiger partial charge is 0.141 e. The van der Waals surface area contributed by atoms with Gasteiger partial charge in [0.1, 0.15) is 5.82 Å². The summed E-state index contributed by atoms with van der Waals surface area (Å²) in [5.41, 5.74) is -0.00281. The van der Waals surface area contributed by atoms with Gasteiger partial charge in [0.05, 0.1) is 18.3 Å². The minimum absolute atomic E-state index is 0.101. The summed E-state index contributed by atoms with van der Waals surface area (Å²) in [6.45, 7) is 9.60. The number of nitrogens with one attached hydrogen (secondary N) is 1. The molecule has 1 aromatic rings. The first-order valence-electron chi connectivity index (χ1n) is 6.75. The zero-order valence-electron chi connectivity index (χ0n) is 12.0. The van der Waals surface area contributed by atoms with Crippen molar-refractivity contribution in [3.8, 4) is 0 Å². The van der Waals surface area contributed by atoms with Crippen molar-refractivity contribution in [3.63, 3.8) is 0 Å². The first-order valence-corrected chi connectivity index (χ1v) is 6.75. The van der Waals surface area contributed by atoms with Crippen LogP contribution in [0.4, 0.5) is 4.39 Å². The highest BCUT2D eigenvalue weighted by atomic mass is 19.1. The van der Waals surface area contributed by atoms with Crippen LogP contribution in [0.25, 0.3) is 0 Å². The maximum absolute atomic E-state index is 13.2. The Hall–Kier alpha value is -1.04. The lowest BCUT2D eigenvalue weighted by Crippen LogP contribution is -2.46. The maximum atomic E-state index is 13.2. The first kappa shape index (κ1) is 16.0. The molecule has 19 heavy (non-hydrogen) atoms. The summed E-state index contributed by atoms with van der Waals surface area (Å²) in [5.74, 6) is -0.386. The number of rotatable bonds is 8. The second-order valence-corrected chi connectivity index (χ2v) is 4.84. The number of halogens is 1. The average Bonchev–Trinajstić information content (AvgIpc) is 2.43. The van der Waals surface area contributed by atoms with Crippen molar-refractivity contribution in [1.82, 2.24) is 15.2 Å². The Labute approximate surface area is 114 Å². The van der Waals surface area contributed by atoms with Crippen LogP contribution < -0.4 is 5.32 Å². The Morgan fingerprint density at radius 2 is 2.05 bits per heavy atom. The number of likely N-dealkylation sites (N-methyl/N-ethyl adjacent to an activating group) is 1. The zero-order valence-corrected chi connectivity index (χ0v) is 12.0. The molecule has 0 aliphatic carbocycles. The Morgan fingerprint density at radius 1 is 1.37 bits per heavy atom. The molecule has 1 unspecified atom stereocenters. The summed E-state index contributed by atoms with van der Waals surface area (Å²) in [7, 11) is 0. The van der Waals surface area contributed by atoms with E-state index < -0.39 is 5.54 Å². The molecule has 0 spiro atoms. The largest absolute Gasteiger partial charge is 0.394 e. The van der Waals surface area contributed by atoms with Gasteiger partial charge in [-0.1, -0.05) is 13.8 Å². The van der Waals surface area contributed by atoms with E-state index >= 15 is 0 Å². The van der Waals surface area contributed by atoms with Crippen molar-refractivity contribution in [2.75, 3.05) is 32.8 Å². The molecule has 2 N–H and O–H groups in total. The lowest BCUT2D eigenvalue weighted by atomic mass is 9.94. The summed E-state index contributed by atoms with van der Waals surface area (Å²) in [6, 6.07) is 1.41. The molecule has 0 radical (unpaired) electrons.